The zero-order chi connectivity index (χ0) is 25.9. The molecule has 0 spiro atoms. The molecule has 0 bridgehead atoms. The summed E-state index contributed by atoms with van der Waals surface area (Å²) in [5.74, 6) is -1.53. The minimum absolute atomic E-state index is 0. The molecule has 0 aliphatic carbocycles. The molecule has 3 aromatic rings. The van der Waals surface area contributed by atoms with E-state index < -0.39 is 24.0 Å². The van der Waals surface area contributed by atoms with Gasteiger partial charge < -0.3 is 20.9 Å². The maximum atomic E-state index is 12.6. The number of nitrogens with two attached hydrogens (primary N) is 2. The van der Waals surface area contributed by atoms with Crippen LogP contribution >= 0.6 is 12.4 Å². The van der Waals surface area contributed by atoms with Gasteiger partial charge in [0, 0.05) is 12.8 Å². The Morgan fingerprint density at radius 1 is 0.892 bits per heavy atom. The number of hydrogen-bond donors (Lipinski definition) is 2. The number of carbonyl (C=O) groups is 3. The van der Waals surface area contributed by atoms with Crippen molar-refractivity contribution in [1.82, 2.24) is 0 Å². The van der Waals surface area contributed by atoms with Gasteiger partial charge in [-0.15, -0.1) is 12.4 Å². The molecule has 3 aromatic carbocycles. The molecule has 0 aliphatic rings. The van der Waals surface area contributed by atoms with Crippen LogP contribution in [-0.2, 0) is 43.3 Å². The molecule has 0 fully saturated rings. The van der Waals surface area contributed by atoms with Crippen LogP contribution in [0.2, 0.25) is 0 Å². The number of halogens is 1. The summed E-state index contributed by atoms with van der Waals surface area (Å²) in [6.07, 6.45) is 1.28. The third-order valence-corrected chi connectivity index (χ3v) is 5.99. The zero-order valence-corrected chi connectivity index (χ0v) is 21.9. The van der Waals surface area contributed by atoms with Gasteiger partial charge in [0.05, 0.1) is 6.42 Å². The van der Waals surface area contributed by atoms with Crippen LogP contribution in [0, 0.1) is 0 Å². The van der Waals surface area contributed by atoms with Crippen molar-refractivity contribution in [3.8, 4) is 0 Å². The van der Waals surface area contributed by atoms with Crippen molar-refractivity contribution in [1.29, 1.82) is 0 Å². The SMILES string of the molecule is CCc1ccc2cc(C[C@@H](CC(N)=O)OC(=O)[C@@H](N)CCCC(=O)OCc3ccccc3)ccc2c1.Cl. The first-order valence-electron chi connectivity index (χ1n) is 12.3. The Balaban J connectivity index is 0.00000481. The number of benzene rings is 3. The van der Waals surface area contributed by atoms with Gasteiger partial charge in [0.25, 0.3) is 0 Å². The number of ether oxygens (including phenoxy) is 2. The summed E-state index contributed by atoms with van der Waals surface area (Å²) in [7, 11) is 0. The van der Waals surface area contributed by atoms with Crippen LogP contribution < -0.4 is 11.5 Å². The van der Waals surface area contributed by atoms with Crippen molar-refractivity contribution in [2.75, 3.05) is 0 Å². The van der Waals surface area contributed by atoms with Gasteiger partial charge in [0.2, 0.25) is 5.91 Å². The van der Waals surface area contributed by atoms with Gasteiger partial charge in [-0.25, -0.2) is 0 Å². The Morgan fingerprint density at radius 2 is 1.54 bits per heavy atom. The first-order valence-corrected chi connectivity index (χ1v) is 12.3. The molecule has 3 rings (SSSR count). The molecule has 1 amide bonds. The van der Waals surface area contributed by atoms with Crippen LogP contribution in [0.15, 0.2) is 66.7 Å². The topological polar surface area (TPSA) is 122 Å². The molecule has 7 nitrogen and oxygen atoms in total. The van der Waals surface area contributed by atoms with E-state index >= 15 is 0 Å². The summed E-state index contributed by atoms with van der Waals surface area (Å²) in [6.45, 7) is 2.32. The average molecular weight is 527 g/mol. The van der Waals surface area contributed by atoms with Crippen LogP contribution in [0.5, 0.6) is 0 Å². The van der Waals surface area contributed by atoms with Crippen LogP contribution in [0.4, 0.5) is 0 Å². The predicted molar refractivity (Wildman–Crippen MR) is 146 cm³/mol. The van der Waals surface area contributed by atoms with Gasteiger partial charge in [-0.1, -0.05) is 73.7 Å². The first kappa shape index (κ1) is 29.8. The van der Waals surface area contributed by atoms with E-state index in [9.17, 15) is 14.4 Å². The lowest BCUT2D eigenvalue weighted by Gasteiger charge is -2.19. The Morgan fingerprint density at radius 3 is 2.19 bits per heavy atom. The van der Waals surface area contributed by atoms with E-state index in [2.05, 4.69) is 25.1 Å². The summed E-state index contributed by atoms with van der Waals surface area (Å²) in [5, 5.41) is 2.20. The summed E-state index contributed by atoms with van der Waals surface area (Å²) in [4.78, 5) is 36.1. The molecule has 0 aliphatic heterocycles. The zero-order valence-electron chi connectivity index (χ0n) is 21.1. The second-order valence-corrected chi connectivity index (χ2v) is 8.95. The second kappa shape index (κ2) is 15.0. The number of rotatable bonds is 13. The molecule has 198 valence electrons. The van der Waals surface area contributed by atoms with E-state index in [1.54, 1.807) is 0 Å². The van der Waals surface area contributed by atoms with E-state index in [1.807, 2.05) is 48.5 Å². The van der Waals surface area contributed by atoms with E-state index in [0.717, 1.165) is 28.3 Å². The van der Waals surface area contributed by atoms with E-state index in [0.29, 0.717) is 12.8 Å². The summed E-state index contributed by atoms with van der Waals surface area (Å²) in [6, 6.07) is 20.8. The maximum absolute atomic E-state index is 12.6. The lowest BCUT2D eigenvalue weighted by molar-refractivity contribution is -0.152. The Kier molecular flexibility index (Phi) is 12.1. The lowest BCUT2D eigenvalue weighted by Crippen LogP contribution is -2.37. The minimum atomic E-state index is -0.911. The van der Waals surface area contributed by atoms with Crippen molar-refractivity contribution >= 4 is 41.0 Å². The first-order chi connectivity index (χ1) is 17.3. The molecule has 37 heavy (non-hydrogen) atoms. The molecule has 0 radical (unpaired) electrons. The molecule has 0 heterocycles. The minimum Gasteiger partial charge on any atom is -0.461 e. The van der Waals surface area contributed by atoms with Crippen LogP contribution in [0.25, 0.3) is 10.8 Å². The van der Waals surface area contributed by atoms with Crippen LogP contribution in [0.1, 0.15) is 49.3 Å². The fraction of sp³-hybridized carbons (Fsp3) is 0.345. The van der Waals surface area contributed by atoms with Crippen molar-refractivity contribution in [2.24, 2.45) is 11.5 Å². The lowest BCUT2D eigenvalue weighted by atomic mass is 9.99. The van der Waals surface area contributed by atoms with Crippen molar-refractivity contribution < 1.29 is 23.9 Å². The highest BCUT2D eigenvalue weighted by Gasteiger charge is 2.22. The van der Waals surface area contributed by atoms with Crippen LogP contribution in [-0.4, -0.2) is 30.0 Å². The highest BCUT2D eigenvalue weighted by Crippen LogP contribution is 2.20. The molecule has 0 unspecified atom stereocenters. The number of hydrogen-bond acceptors (Lipinski definition) is 6. The average Bonchev–Trinajstić information content (AvgIpc) is 2.87. The molecule has 0 saturated heterocycles. The number of fused-ring (bicyclic) bond motifs is 1. The van der Waals surface area contributed by atoms with Gasteiger partial charge in [-0.2, -0.15) is 0 Å². The predicted octanol–water partition coefficient (Wildman–Crippen LogP) is 4.39. The van der Waals surface area contributed by atoms with Gasteiger partial charge in [0.1, 0.15) is 18.8 Å². The largest absolute Gasteiger partial charge is 0.461 e. The van der Waals surface area contributed by atoms with Crippen molar-refractivity contribution in [3.63, 3.8) is 0 Å². The Hall–Kier alpha value is -3.42. The third kappa shape index (κ3) is 9.86. The quantitative estimate of drug-likeness (QED) is 0.318. The normalized spacial score (nSPS) is 12.3. The summed E-state index contributed by atoms with van der Waals surface area (Å²) >= 11 is 0. The molecular formula is C29H35ClN2O5. The second-order valence-electron chi connectivity index (χ2n) is 8.95. The van der Waals surface area contributed by atoms with E-state index in [-0.39, 0.29) is 44.2 Å². The van der Waals surface area contributed by atoms with Gasteiger partial charge in [-0.3, -0.25) is 14.4 Å². The molecular weight excluding hydrogens is 492 g/mol. The number of amides is 1. The van der Waals surface area contributed by atoms with Gasteiger partial charge in [-0.05, 0) is 46.7 Å². The summed E-state index contributed by atoms with van der Waals surface area (Å²) in [5.41, 5.74) is 14.5. The molecule has 0 aromatic heterocycles. The van der Waals surface area contributed by atoms with Gasteiger partial charge in [0.15, 0.2) is 0 Å². The molecule has 4 N–H and O–H groups in total. The fourth-order valence-electron chi connectivity index (χ4n) is 3.98. The number of aryl methyl sites for hydroxylation is 1. The Bertz CT molecular complexity index is 1190. The standard InChI is InChI=1S/C29H34N2O5.ClH/c1-2-20-11-13-24-16-22(12-14-23(24)15-20)17-25(18-27(31)32)36-29(34)26(30)9-6-10-28(33)35-19-21-7-4-3-5-8-21;/h3-5,7-8,11-16,25-26H,2,6,9-10,17-19,30H2,1H3,(H2,31,32);1H/t25-,26-;/m0./s1. The highest BCUT2D eigenvalue weighted by molar-refractivity contribution is 5.85. The van der Waals surface area contributed by atoms with Crippen LogP contribution in [0.3, 0.4) is 0 Å². The van der Waals surface area contributed by atoms with Crippen molar-refractivity contribution in [3.05, 3.63) is 83.4 Å². The molecule has 0 saturated carbocycles. The van der Waals surface area contributed by atoms with Crippen molar-refractivity contribution in [2.45, 2.75) is 64.2 Å². The number of esters is 2. The Labute approximate surface area is 223 Å². The number of carbonyl (C=O) groups excluding carboxylic acids is 3. The summed E-state index contributed by atoms with van der Waals surface area (Å²) < 4.78 is 10.8. The molecule has 2 atom stereocenters. The maximum Gasteiger partial charge on any atom is 0.323 e. The van der Waals surface area contributed by atoms with Gasteiger partial charge >= 0.3 is 11.9 Å². The smallest absolute Gasteiger partial charge is 0.323 e. The fourth-order valence-corrected chi connectivity index (χ4v) is 3.98. The third-order valence-electron chi connectivity index (χ3n) is 5.99. The molecule has 8 heteroatoms. The monoisotopic (exact) mass is 526 g/mol. The van der Waals surface area contributed by atoms with E-state index in [4.69, 9.17) is 20.9 Å². The number of primary amides is 1. The highest BCUT2D eigenvalue weighted by atomic mass is 35.5. The van der Waals surface area contributed by atoms with E-state index in [1.165, 1.54) is 5.56 Å².